The third-order valence-electron chi connectivity index (χ3n) is 3.91. The second kappa shape index (κ2) is 8.47. The molecule has 8 nitrogen and oxygen atoms in total. The smallest absolute Gasteiger partial charge is 0.236 e. The van der Waals surface area contributed by atoms with Crippen LogP contribution >= 0.6 is 11.8 Å². The average Bonchev–Trinajstić information content (AvgIpc) is 3.19. The van der Waals surface area contributed by atoms with Crippen LogP contribution in [0.2, 0.25) is 0 Å². The van der Waals surface area contributed by atoms with Gasteiger partial charge in [-0.1, -0.05) is 42.1 Å². The van der Waals surface area contributed by atoms with Crippen molar-refractivity contribution < 1.29 is 13.2 Å². The summed E-state index contributed by atoms with van der Waals surface area (Å²) in [6, 6.07) is 9.27. The molecule has 1 fully saturated rings. The number of carbonyl (C=O) groups is 1. The second-order valence-electron chi connectivity index (χ2n) is 5.62. The number of thioether (sulfide) groups is 1. The number of aromatic amines is 1. The first-order valence-electron chi connectivity index (χ1n) is 8.04. The van der Waals surface area contributed by atoms with Gasteiger partial charge >= 0.3 is 0 Å². The molecule has 0 saturated carbocycles. The van der Waals surface area contributed by atoms with Gasteiger partial charge in [0.2, 0.25) is 15.9 Å². The summed E-state index contributed by atoms with van der Waals surface area (Å²) in [7, 11) is -3.49. The van der Waals surface area contributed by atoms with Gasteiger partial charge in [-0.25, -0.2) is 13.4 Å². The molecule has 0 atom stereocenters. The SMILES string of the molecule is O=C(CSc1ncn[nH]1)N1CCN(S(=O)(=O)/C=C/c2ccccc2)CC1. The van der Waals surface area contributed by atoms with E-state index < -0.39 is 10.0 Å². The van der Waals surface area contributed by atoms with Gasteiger partial charge in [0.25, 0.3) is 0 Å². The van der Waals surface area contributed by atoms with Crippen LogP contribution in [-0.2, 0) is 14.8 Å². The molecule has 138 valence electrons. The summed E-state index contributed by atoms with van der Waals surface area (Å²) in [5.41, 5.74) is 0.828. The van der Waals surface area contributed by atoms with Gasteiger partial charge in [-0.05, 0) is 11.6 Å². The fourth-order valence-electron chi connectivity index (χ4n) is 2.49. The fourth-order valence-corrected chi connectivity index (χ4v) is 4.35. The van der Waals surface area contributed by atoms with Gasteiger partial charge < -0.3 is 4.90 Å². The molecular formula is C16H19N5O3S2. The molecule has 0 aliphatic carbocycles. The highest BCUT2D eigenvalue weighted by atomic mass is 32.2. The molecule has 1 aliphatic rings. The number of aromatic nitrogens is 3. The Balaban J connectivity index is 1.50. The van der Waals surface area contributed by atoms with Crippen LogP contribution in [0.4, 0.5) is 0 Å². The molecule has 2 aromatic rings. The fraction of sp³-hybridized carbons (Fsp3) is 0.312. The van der Waals surface area contributed by atoms with E-state index in [0.29, 0.717) is 31.3 Å². The van der Waals surface area contributed by atoms with Crippen LogP contribution in [0.15, 0.2) is 47.2 Å². The molecule has 3 rings (SSSR count). The van der Waals surface area contributed by atoms with Crippen molar-refractivity contribution in [3.63, 3.8) is 0 Å². The van der Waals surface area contributed by atoms with Crippen LogP contribution in [0.3, 0.4) is 0 Å². The number of amides is 1. The lowest BCUT2D eigenvalue weighted by Gasteiger charge is -2.33. The molecule has 0 spiro atoms. The zero-order chi connectivity index (χ0) is 18.4. The average molecular weight is 393 g/mol. The van der Waals surface area contributed by atoms with Crippen molar-refractivity contribution in [2.45, 2.75) is 5.16 Å². The van der Waals surface area contributed by atoms with Crippen molar-refractivity contribution in [3.05, 3.63) is 47.6 Å². The highest BCUT2D eigenvalue weighted by molar-refractivity contribution is 7.99. The highest BCUT2D eigenvalue weighted by Gasteiger charge is 2.27. The van der Waals surface area contributed by atoms with E-state index in [2.05, 4.69) is 15.2 Å². The minimum atomic E-state index is -3.49. The first kappa shape index (κ1) is 18.6. The second-order valence-corrected chi connectivity index (χ2v) is 8.40. The zero-order valence-corrected chi connectivity index (χ0v) is 15.6. The molecule has 1 N–H and O–H groups in total. The normalized spacial score (nSPS) is 16.2. The first-order chi connectivity index (χ1) is 12.5. The summed E-state index contributed by atoms with van der Waals surface area (Å²) in [6.07, 6.45) is 2.97. The van der Waals surface area contributed by atoms with Crippen molar-refractivity contribution in [2.75, 3.05) is 31.9 Å². The number of nitrogens with one attached hydrogen (secondary N) is 1. The number of piperazine rings is 1. The van der Waals surface area contributed by atoms with E-state index >= 15 is 0 Å². The molecule has 1 amide bonds. The minimum Gasteiger partial charge on any atom is -0.339 e. The highest BCUT2D eigenvalue weighted by Crippen LogP contribution is 2.15. The van der Waals surface area contributed by atoms with Crippen molar-refractivity contribution >= 4 is 33.8 Å². The van der Waals surface area contributed by atoms with Crippen LogP contribution in [-0.4, -0.2) is 70.6 Å². The molecule has 1 aromatic heterocycles. The molecule has 1 aliphatic heterocycles. The van der Waals surface area contributed by atoms with Crippen molar-refractivity contribution in [3.8, 4) is 0 Å². The van der Waals surface area contributed by atoms with Gasteiger partial charge in [-0.15, -0.1) is 0 Å². The number of hydrogen-bond donors (Lipinski definition) is 1. The molecule has 0 bridgehead atoms. The standard InChI is InChI=1S/C16H19N5O3S2/c22-15(12-25-16-17-13-18-19-16)20-7-9-21(10-8-20)26(23,24)11-6-14-4-2-1-3-5-14/h1-6,11,13H,7-10,12H2,(H,17,18,19)/b11-6+. The summed E-state index contributed by atoms with van der Waals surface area (Å²) in [5, 5.41) is 8.22. The topological polar surface area (TPSA) is 99.3 Å². The maximum Gasteiger partial charge on any atom is 0.236 e. The number of nitrogens with zero attached hydrogens (tertiary/aromatic N) is 4. The Morgan fingerprint density at radius 3 is 2.58 bits per heavy atom. The van der Waals surface area contributed by atoms with E-state index in [1.807, 2.05) is 30.3 Å². The molecule has 1 aromatic carbocycles. The van der Waals surface area contributed by atoms with E-state index in [1.54, 1.807) is 11.0 Å². The molecule has 0 radical (unpaired) electrons. The van der Waals surface area contributed by atoms with Crippen LogP contribution in [0.5, 0.6) is 0 Å². The Kier molecular flexibility index (Phi) is 6.07. The lowest BCUT2D eigenvalue weighted by molar-refractivity contribution is -0.129. The largest absolute Gasteiger partial charge is 0.339 e. The van der Waals surface area contributed by atoms with E-state index in [9.17, 15) is 13.2 Å². The lowest BCUT2D eigenvalue weighted by atomic mass is 10.2. The van der Waals surface area contributed by atoms with Crippen LogP contribution < -0.4 is 0 Å². The maximum atomic E-state index is 12.4. The predicted molar refractivity (Wildman–Crippen MR) is 99.7 cm³/mol. The van der Waals surface area contributed by atoms with Crippen molar-refractivity contribution in [1.29, 1.82) is 0 Å². The Morgan fingerprint density at radius 2 is 1.92 bits per heavy atom. The molecular weight excluding hydrogens is 374 g/mol. The quantitative estimate of drug-likeness (QED) is 0.736. The zero-order valence-electron chi connectivity index (χ0n) is 14.0. The van der Waals surface area contributed by atoms with Crippen molar-refractivity contribution in [1.82, 2.24) is 24.4 Å². The number of sulfonamides is 1. The maximum absolute atomic E-state index is 12.4. The third kappa shape index (κ3) is 4.93. The molecule has 0 unspecified atom stereocenters. The molecule has 26 heavy (non-hydrogen) atoms. The summed E-state index contributed by atoms with van der Waals surface area (Å²) >= 11 is 1.28. The Morgan fingerprint density at radius 1 is 1.19 bits per heavy atom. The van der Waals surface area contributed by atoms with Gasteiger partial charge in [0.1, 0.15) is 6.33 Å². The number of H-pyrrole nitrogens is 1. The Bertz CT molecular complexity index is 845. The van der Waals surface area contributed by atoms with E-state index in [0.717, 1.165) is 5.56 Å². The Hall–Kier alpha value is -2.17. The third-order valence-corrected chi connectivity index (χ3v) is 6.33. The Labute approximate surface area is 156 Å². The van der Waals surface area contributed by atoms with Gasteiger partial charge in [0, 0.05) is 31.6 Å². The first-order valence-corrected chi connectivity index (χ1v) is 10.5. The predicted octanol–water partition coefficient (Wildman–Crippen LogP) is 1.04. The minimum absolute atomic E-state index is 0.0386. The molecule has 1 saturated heterocycles. The van der Waals surface area contributed by atoms with Gasteiger partial charge in [0.15, 0.2) is 5.16 Å². The number of benzene rings is 1. The van der Waals surface area contributed by atoms with Crippen LogP contribution in [0, 0.1) is 0 Å². The summed E-state index contributed by atoms with van der Waals surface area (Å²) in [5.74, 6) is 0.207. The monoisotopic (exact) mass is 393 g/mol. The van der Waals surface area contributed by atoms with E-state index in [1.165, 1.54) is 27.8 Å². The van der Waals surface area contributed by atoms with Gasteiger partial charge in [-0.2, -0.15) is 9.40 Å². The molecule has 2 heterocycles. The van der Waals surface area contributed by atoms with E-state index in [4.69, 9.17) is 0 Å². The van der Waals surface area contributed by atoms with Gasteiger partial charge in [-0.3, -0.25) is 9.89 Å². The number of rotatable bonds is 6. The number of carbonyl (C=O) groups excluding carboxylic acids is 1. The van der Waals surface area contributed by atoms with Crippen molar-refractivity contribution in [2.24, 2.45) is 0 Å². The summed E-state index contributed by atoms with van der Waals surface area (Å²) in [4.78, 5) is 17.9. The van der Waals surface area contributed by atoms with Gasteiger partial charge in [0.05, 0.1) is 5.75 Å². The van der Waals surface area contributed by atoms with Crippen LogP contribution in [0.25, 0.3) is 6.08 Å². The number of hydrogen-bond acceptors (Lipinski definition) is 6. The lowest BCUT2D eigenvalue weighted by Crippen LogP contribution is -2.50. The van der Waals surface area contributed by atoms with E-state index in [-0.39, 0.29) is 11.7 Å². The summed E-state index contributed by atoms with van der Waals surface area (Å²) < 4.78 is 26.3. The van der Waals surface area contributed by atoms with Crippen LogP contribution in [0.1, 0.15) is 5.56 Å². The summed E-state index contributed by atoms with van der Waals surface area (Å²) in [6.45, 7) is 1.35. The molecule has 10 heteroatoms.